The first-order valence-electron chi connectivity index (χ1n) is 6.34. The van der Waals surface area contributed by atoms with Crippen molar-refractivity contribution in [1.82, 2.24) is 4.72 Å². The molecule has 4 nitrogen and oxygen atoms in total. The lowest BCUT2D eigenvalue weighted by Crippen LogP contribution is -2.27. The lowest BCUT2D eigenvalue weighted by molar-refractivity contribution is 0.413. The van der Waals surface area contributed by atoms with Crippen molar-refractivity contribution in [3.05, 3.63) is 59.9 Å². The Morgan fingerprint density at radius 3 is 2.52 bits per heavy atom. The molecule has 6 heteroatoms. The lowest BCUT2D eigenvalue weighted by Gasteiger charge is -2.15. The van der Waals surface area contributed by atoms with Crippen LogP contribution in [-0.4, -0.2) is 15.5 Å². The highest BCUT2D eigenvalue weighted by Crippen LogP contribution is 2.21. The number of halogens is 1. The van der Waals surface area contributed by atoms with Crippen molar-refractivity contribution >= 4 is 10.0 Å². The number of nitrogens with one attached hydrogen (secondary N) is 1. The van der Waals surface area contributed by atoms with E-state index in [0.717, 1.165) is 11.6 Å². The summed E-state index contributed by atoms with van der Waals surface area (Å²) in [5, 5.41) is 0. The van der Waals surface area contributed by atoms with Gasteiger partial charge in [-0.25, -0.2) is 17.5 Å². The Bertz CT molecular complexity index is 731. The number of hydrogen-bond acceptors (Lipinski definition) is 3. The number of sulfonamides is 1. The minimum Gasteiger partial charge on any atom is -0.497 e. The first kappa shape index (κ1) is 15.5. The first-order chi connectivity index (χ1) is 9.92. The monoisotopic (exact) mass is 309 g/mol. The van der Waals surface area contributed by atoms with Gasteiger partial charge in [-0.2, -0.15) is 0 Å². The van der Waals surface area contributed by atoms with Crippen LogP contribution in [0.5, 0.6) is 5.75 Å². The summed E-state index contributed by atoms with van der Waals surface area (Å²) in [6.07, 6.45) is 0. The van der Waals surface area contributed by atoms with Crippen molar-refractivity contribution in [3.8, 4) is 5.75 Å². The zero-order valence-electron chi connectivity index (χ0n) is 11.7. The Kier molecular flexibility index (Phi) is 4.59. The molecule has 0 fully saturated rings. The predicted molar refractivity (Wildman–Crippen MR) is 78.1 cm³/mol. The van der Waals surface area contributed by atoms with E-state index in [1.807, 2.05) is 0 Å². The van der Waals surface area contributed by atoms with E-state index >= 15 is 0 Å². The van der Waals surface area contributed by atoms with Crippen LogP contribution in [0.2, 0.25) is 0 Å². The Hall–Kier alpha value is -1.92. The van der Waals surface area contributed by atoms with Crippen LogP contribution < -0.4 is 9.46 Å². The largest absolute Gasteiger partial charge is 0.497 e. The Labute approximate surface area is 123 Å². The average Bonchev–Trinajstić information content (AvgIpc) is 2.47. The molecule has 21 heavy (non-hydrogen) atoms. The van der Waals surface area contributed by atoms with Crippen molar-refractivity contribution in [3.63, 3.8) is 0 Å². The van der Waals surface area contributed by atoms with Gasteiger partial charge < -0.3 is 4.74 Å². The van der Waals surface area contributed by atoms with Crippen molar-refractivity contribution < 1.29 is 17.5 Å². The maximum absolute atomic E-state index is 13.1. The molecule has 0 aliphatic carbocycles. The molecule has 0 amide bonds. The minimum atomic E-state index is -3.78. The van der Waals surface area contributed by atoms with E-state index in [2.05, 4.69) is 4.72 Å². The van der Waals surface area contributed by atoms with Crippen LogP contribution in [0.25, 0.3) is 0 Å². The van der Waals surface area contributed by atoms with E-state index in [4.69, 9.17) is 4.74 Å². The summed E-state index contributed by atoms with van der Waals surface area (Å²) in [6.45, 7) is 1.71. The molecule has 0 saturated carbocycles. The number of benzene rings is 2. The van der Waals surface area contributed by atoms with Gasteiger partial charge in [-0.05, 0) is 42.8 Å². The number of hydrogen-bond donors (Lipinski definition) is 1. The van der Waals surface area contributed by atoms with Gasteiger partial charge in [0.05, 0.1) is 12.0 Å². The smallest absolute Gasteiger partial charge is 0.241 e. The predicted octanol–water partition coefficient (Wildman–Crippen LogP) is 2.87. The molecule has 1 unspecified atom stereocenters. The molecule has 0 aliphatic heterocycles. The van der Waals surface area contributed by atoms with E-state index in [0.29, 0.717) is 5.75 Å². The summed E-state index contributed by atoms with van der Waals surface area (Å²) in [6, 6.07) is 11.5. The standard InChI is InChI=1S/C15H16FNO3S/c1-11(12-5-3-7-14(9-12)20-2)17-21(18,19)15-8-4-6-13(16)10-15/h3-11,17H,1-2H3. The molecule has 2 aromatic carbocycles. The zero-order valence-corrected chi connectivity index (χ0v) is 12.5. The van der Waals surface area contributed by atoms with Gasteiger partial charge in [-0.1, -0.05) is 18.2 Å². The fraction of sp³-hybridized carbons (Fsp3) is 0.200. The third-order valence-corrected chi connectivity index (χ3v) is 4.57. The molecule has 2 rings (SSSR count). The van der Waals surface area contributed by atoms with Crippen LogP contribution in [-0.2, 0) is 10.0 Å². The topological polar surface area (TPSA) is 55.4 Å². The summed E-state index contributed by atoms with van der Waals surface area (Å²) in [5.74, 6) is 0.0520. The van der Waals surface area contributed by atoms with Crippen molar-refractivity contribution in [2.24, 2.45) is 0 Å². The number of rotatable bonds is 5. The van der Waals surface area contributed by atoms with Gasteiger partial charge in [0.15, 0.2) is 0 Å². The van der Waals surface area contributed by atoms with E-state index in [-0.39, 0.29) is 4.90 Å². The van der Waals surface area contributed by atoms with E-state index in [1.54, 1.807) is 38.3 Å². The third kappa shape index (κ3) is 3.80. The number of ether oxygens (including phenoxy) is 1. The molecule has 0 aromatic heterocycles. The average molecular weight is 309 g/mol. The SMILES string of the molecule is COc1cccc(C(C)NS(=O)(=O)c2cccc(F)c2)c1. The lowest BCUT2D eigenvalue weighted by atomic mass is 10.1. The van der Waals surface area contributed by atoms with Gasteiger partial charge in [0.1, 0.15) is 11.6 Å². The Morgan fingerprint density at radius 1 is 1.14 bits per heavy atom. The van der Waals surface area contributed by atoms with Gasteiger partial charge in [0.25, 0.3) is 0 Å². The Morgan fingerprint density at radius 2 is 1.86 bits per heavy atom. The van der Waals surface area contributed by atoms with Gasteiger partial charge >= 0.3 is 0 Å². The van der Waals surface area contributed by atoms with Crippen molar-refractivity contribution in [2.45, 2.75) is 17.9 Å². The molecular weight excluding hydrogens is 293 g/mol. The van der Waals surface area contributed by atoms with Crippen LogP contribution >= 0.6 is 0 Å². The summed E-state index contributed by atoms with van der Waals surface area (Å²) >= 11 is 0. The minimum absolute atomic E-state index is 0.0998. The molecule has 0 aliphatic rings. The summed E-state index contributed by atoms with van der Waals surface area (Å²) in [4.78, 5) is -0.0998. The maximum Gasteiger partial charge on any atom is 0.241 e. The molecule has 112 valence electrons. The summed E-state index contributed by atoms with van der Waals surface area (Å²) in [7, 11) is -2.24. The Balaban J connectivity index is 2.23. The highest BCUT2D eigenvalue weighted by Gasteiger charge is 2.19. The van der Waals surface area contributed by atoms with Gasteiger partial charge in [0, 0.05) is 6.04 Å². The molecule has 1 N–H and O–H groups in total. The van der Waals surface area contributed by atoms with E-state index in [9.17, 15) is 12.8 Å². The van der Waals surface area contributed by atoms with Crippen LogP contribution in [0.1, 0.15) is 18.5 Å². The second-order valence-corrected chi connectivity index (χ2v) is 6.29. The fourth-order valence-corrected chi connectivity index (χ4v) is 3.18. The molecular formula is C15H16FNO3S. The summed E-state index contributed by atoms with van der Waals surface area (Å²) in [5.41, 5.74) is 0.759. The first-order valence-corrected chi connectivity index (χ1v) is 7.82. The van der Waals surface area contributed by atoms with Gasteiger partial charge in [0.2, 0.25) is 10.0 Å². The van der Waals surface area contributed by atoms with Gasteiger partial charge in [-0.3, -0.25) is 0 Å². The highest BCUT2D eigenvalue weighted by molar-refractivity contribution is 7.89. The second-order valence-electron chi connectivity index (χ2n) is 4.58. The summed E-state index contributed by atoms with van der Waals surface area (Å²) < 4.78 is 45.2. The van der Waals surface area contributed by atoms with Crippen LogP contribution in [0.15, 0.2) is 53.4 Å². The van der Waals surface area contributed by atoms with E-state index < -0.39 is 21.9 Å². The van der Waals surface area contributed by atoms with Crippen LogP contribution in [0, 0.1) is 5.82 Å². The quantitative estimate of drug-likeness (QED) is 0.924. The molecule has 0 bridgehead atoms. The van der Waals surface area contributed by atoms with Crippen molar-refractivity contribution in [2.75, 3.05) is 7.11 Å². The fourth-order valence-electron chi connectivity index (χ4n) is 1.91. The molecule has 0 saturated heterocycles. The second kappa shape index (κ2) is 6.24. The normalized spacial score (nSPS) is 12.9. The highest BCUT2D eigenvalue weighted by atomic mass is 32.2. The molecule has 0 heterocycles. The van der Waals surface area contributed by atoms with Crippen LogP contribution in [0.4, 0.5) is 4.39 Å². The number of methoxy groups -OCH3 is 1. The molecule has 2 aromatic rings. The molecule has 0 spiro atoms. The molecule has 0 radical (unpaired) electrons. The van der Waals surface area contributed by atoms with Crippen molar-refractivity contribution in [1.29, 1.82) is 0 Å². The maximum atomic E-state index is 13.1. The third-order valence-electron chi connectivity index (χ3n) is 3.03. The van der Waals surface area contributed by atoms with E-state index in [1.165, 1.54) is 18.2 Å². The molecule has 1 atom stereocenters. The van der Waals surface area contributed by atoms with Gasteiger partial charge in [-0.15, -0.1) is 0 Å². The zero-order chi connectivity index (χ0) is 15.5. The van der Waals surface area contributed by atoms with Crippen LogP contribution in [0.3, 0.4) is 0 Å².